The first-order chi connectivity index (χ1) is 12.3. The second-order valence-electron chi connectivity index (χ2n) is 5.86. The smallest absolute Gasteiger partial charge is 0.227 e. The molecule has 1 N–H and O–H groups in total. The van der Waals surface area contributed by atoms with Gasteiger partial charge in [-0.2, -0.15) is 5.10 Å². The molecule has 0 unspecified atom stereocenters. The number of carbonyl (C=O) groups is 1. The molecular weight excluding hydrogens is 336 g/mol. The number of amides is 1. The molecule has 1 aromatic heterocycles. The number of carbonyl (C=O) groups excluding carboxylic acids is 1. The van der Waals surface area contributed by atoms with Crippen LogP contribution in [0.15, 0.2) is 57.2 Å². The summed E-state index contributed by atoms with van der Waals surface area (Å²) in [5, 5.41) is 5.22. The number of anilines is 1. The van der Waals surface area contributed by atoms with Gasteiger partial charge in [0.15, 0.2) is 5.17 Å². The molecule has 7 heteroatoms. The highest BCUT2D eigenvalue weighted by molar-refractivity contribution is 8.14. The molecule has 1 amide bonds. The van der Waals surface area contributed by atoms with Crippen LogP contribution in [0, 0.1) is 0 Å². The van der Waals surface area contributed by atoms with Crippen LogP contribution in [0.4, 0.5) is 5.69 Å². The third-order valence-electron chi connectivity index (χ3n) is 4.18. The van der Waals surface area contributed by atoms with E-state index in [-0.39, 0.29) is 5.91 Å². The SMILES string of the molecule is O=C1CCCN1c1ccc(C2=NNC(=NCc3ccco3)SC2)cc1. The highest BCUT2D eigenvalue weighted by Gasteiger charge is 2.21. The van der Waals surface area contributed by atoms with Crippen molar-refractivity contribution in [2.24, 2.45) is 10.1 Å². The number of furan rings is 1. The predicted octanol–water partition coefficient (Wildman–Crippen LogP) is 3.00. The number of amidine groups is 1. The Hall–Kier alpha value is -2.54. The lowest BCUT2D eigenvalue weighted by molar-refractivity contribution is -0.117. The average Bonchev–Trinajstić information content (AvgIpc) is 3.32. The molecule has 6 nitrogen and oxygen atoms in total. The minimum Gasteiger partial charge on any atom is -0.467 e. The quantitative estimate of drug-likeness (QED) is 0.916. The van der Waals surface area contributed by atoms with Crippen LogP contribution in [-0.2, 0) is 11.3 Å². The molecule has 0 radical (unpaired) electrons. The zero-order valence-electron chi connectivity index (χ0n) is 13.6. The van der Waals surface area contributed by atoms with E-state index in [9.17, 15) is 4.79 Å². The molecule has 4 rings (SSSR count). The predicted molar refractivity (Wildman–Crippen MR) is 100 cm³/mol. The van der Waals surface area contributed by atoms with Gasteiger partial charge in [0.05, 0.1) is 18.5 Å². The molecule has 1 saturated heterocycles. The van der Waals surface area contributed by atoms with E-state index in [2.05, 4.69) is 15.5 Å². The van der Waals surface area contributed by atoms with Crippen molar-refractivity contribution in [2.45, 2.75) is 19.4 Å². The molecule has 0 aliphatic carbocycles. The van der Waals surface area contributed by atoms with Gasteiger partial charge in [-0.25, -0.2) is 0 Å². The van der Waals surface area contributed by atoms with Gasteiger partial charge in [-0.15, -0.1) is 0 Å². The monoisotopic (exact) mass is 354 g/mol. The summed E-state index contributed by atoms with van der Waals surface area (Å²) in [6, 6.07) is 11.8. The summed E-state index contributed by atoms with van der Waals surface area (Å²) in [7, 11) is 0. The molecule has 2 aliphatic rings. The Morgan fingerprint density at radius 3 is 2.80 bits per heavy atom. The second kappa shape index (κ2) is 7.14. The van der Waals surface area contributed by atoms with Gasteiger partial charge in [0, 0.05) is 24.4 Å². The van der Waals surface area contributed by atoms with Gasteiger partial charge >= 0.3 is 0 Å². The maximum Gasteiger partial charge on any atom is 0.227 e. The summed E-state index contributed by atoms with van der Waals surface area (Å²) < 4.78 is 5.27. The van der Waals surface area contributed by atoms with Crippen LogP contribution in [-0.4, -0.2) is 29.1 Å². The van der Waals surface area contributed by atoms with Gasteiger partial charge in [-0.05, 0) is 36.2 Å². The lowest BCUT2D eigenvalue weighted by atomic mass is 10.1. The molecule has 1 fully saturated rings. The number of rotatable bonds is 4. The van der Waals surface area contributed by atoms with E-state index in [1.54, 1.807) is 18.0 Å². The topological polar surface area (TPSA) is 70.2 Å². The Morgan fingerprint density at radius 1 is 1.28 bits per heavy atom. The Balaban J connectivity index is 1.41. The Bertz CT molecular complexity index is 812. The maximum absolute atomic E-state index is 11.8. The normalized spacial score (nSPS) is 19.2. The lowest BCUT2D eigenvalue weighted by Crippen LogP contribution is -2.26. The number of aliphatic imine (C=N–C) groups is 1. The van der Waals surface area contributed by atoms with E-state index in [0.29, 0.717) is 13.0 Å². The Labute approximate surface area is 150 Å². The molecule has 0 atom stereocenters. The van der Waals surface area contributed by atoms with Crippen molar-refractivity contribution in [3.8, 4) is 0 Å². The van der Waals surface area contributed by atoms with Crippen LogP contribution in [0.2, 0.25) is 0 Å². The third kappa shape index (κ3) is 3.61. The standard InChI is InChI=1S/C18H18N4O2S/c23-17-4-1-9-22(17)14-7-5-13(6-8-14)16-12-25-18(21-20-16)19-11-15-3-2-10-24-15/h2-3,5-8,10H,1,4,9,11-12H2,(H,19,21). The summed E-state index contributed by atoms with van der Waals surface area (Å²) in [5.74, 6) is 1.79. The molecule has 3 heterocycles. The van der Waals surface area contributed by atoms with E-state index < -0.39 is 0 Å². The Morgan fingerprint density at radius 2 is 2.16 bits per heavy atom. The van der Waals surface area contributed by atoms with Crippen molar-refractivity contribution in [1.29, 1.82) is 0 Å². The van der Waals surface area contributed by atoms with Crippen molar-refractivity contribution in [1.82, 2.24) is 5.43 Å². The van der Waals surface area contributed by atoms with Crippen molar-refractivity contribution in [3.63, 3.8) is 0 Å². The summed E-state index contributed by atoms with van der Waals surface area (Å²) >= 11 is 1.62. The first-order valence-electron chi connectivity index (χ1n) is 8.22. The van der Waals surface area contributed by atoms with Crippen LogP contribution < -0.4 is 10.3 Å². The Kier molecular flexibility index (Phi) is 4.56. The number of nitrogens with zero attached hydrogens (tertiary/aromatic N) is 3. The van der Waals surface area contributed by atoms with Gasteiger partial charge in [0.25, 0.3) is 0 Å². The van der Waals surface area contributed by atoms with Crippen molar-refractivity contribution < 1.29 is 9.21 Å². The van der Waals surface area contributed by atoms with E-state index >= 15 is 0 Å². The first kappa shape index (κ1) is 16.0. The molecule has 2 aromatic rings. The van der Waals surface area contributed by atoms with Gasteiger partial charge in [-0.1, -0.05) is 23.9 Å². The van der Waals surface area contributed by atoms with Crippen LogP contribution in [0.5, 0.6) is 0 Å². The number of hydrazone groups is 1. The van der Waals surface area contributed by atoms with Crippen molar-refractivity contribution in [3.05, 3.63) is 54.0 Å². The highest BCUT2D eigenvalue weighted by atomic mass is 32.2. The molecule has 0 bridgehead atoms. The molecule has 0 spiro atoms. The third-order valence-corrected chi connectivity index (χ3v) is 5.09. The fraction of sp³-hybridized carbons (Fsp3) is 0.278. The van der Waals surface area contributed by atoms with E-state index in [1.807, 2.05) is 41.3 Å². The summed E-state index contributed by atoms with van der Waals surface area (Å²) in [4.78, 5) is 18.1. The zero-order valence-corrected chi connectivity index (χ0v) is 14.5. The summed E-state index contributed by atoms with van der Waals surface area (Å²) in [6.07, 6.45) is 3.23. The van der Waals surface area contributed by atoms with Crippen molar-refractivity contribution >= 4 is 34.2 Å². The molecule has 25 heavy (non-hydrogen) atoms. The summed E-state index contributed by atoms with van der Waals surface area (Å²) in [5.41, 5.74) is 5.99. The molecule has 128 valence electrons. The van der Waals surface area contributed by atoms with E-state index in [1.165, 1.54) is 0 Å². The lowest BCUT2D eigenvalue weighted by Gasteiger charge is -2.17. The summed E-state index contributed by atoms with van der Waals surface area (Å²) in [6.45, 7) is 1.32. The molecule has 1 aromatic carbocycles. The molecule has 2 aliphatic heterocycles. The molecule has 0 saturated carbocycles. The van der Waals surface area contributed by atoms with Gasteiger partial charge < -0.3 is 9.32 Å². The highest BCUT2D eigenvalue weighted by Crippen LogP contribution is 2.23. The minimum absolute atomic E-state index is 0.206. The average molecular weight is 354 g/mol. The molecular formula is C18H18N4O2S. The largest absolute Gasteiger partial charge is 0.467 e. The number of benzene rings is 1. The van der Waals surface area contributed by atoms with E-state index in [0.717, 1.165) is 46.6 Å². The van der Waals surface area contributed by atoms with Gasteiger partial charge in [-0.3, -0.25) is 15.2 Å². The van der Waals surface area contributed by atoms with Crippen LogP contribution in [0.3, 0.4) is 0 Å². The second-order valence-corrected chi connectivity index (χ2v) is 6.82. The first-order valence-corrected chi connectivity index (χ1v) is 9.21. The number of thioether (sulfide) groups is 1. The number of hydrogen-bond donors (Lipinski definition) is 1. The zero-order chi connectivity index (χ0) is 17.1. The van der Waals surface area contributed by atoms with Crippen LogP contribution in [0.1, 0.15) is 24.2 Å². The van der Waals surface area contributed by atoms with Crippen LogP contribution in [0.25, 0.3) is 0 Å². The number of hydrogen-bond acceptors (Lipinski definition) is 5. The van der Waals surface area contributed by atoms with Crippen molar-refractivity contribution in [2.75, 3.05) is 17.2 Å². The van der Waals surface area contributed by atoms with Crippen LogP contribution >= 0.6 is 11.8 Å². The number of nitrogens with one attached hydrogen (secondary N) is 1. The van der Waals surface area contributed by atoms with Gasteiger partial charge in [0.2, 0.25) is 5.91 Å². The maximum atomic E-state index is 11.8. The fourth-order valence-electron chi connectivity index (χ4n) is 2.85. The fourth-order valence-corrected chi connectivity index (χ4v) is 3.62. The van der Waals surface area contributed by atoms with E-state index in [4.69, 9.17) is 4.42 Å². The van der Waals surface area contributed by atoms with Gasteiger partial charge in [0.1, 0.15) is 5.76 Å². The minimum atomic E-state index is 0.206.